The fourth-order valence-electron chi connectivity index (χ4n) is 1.86. The fourth-order valence-corrected chi connectivity index (χ4v) is 1.99. The van der Waals surface area contributed by atoms with Gasteiger partial charge in [0.05, 0.1) is 16.9 Å². The number of rotatable bonds is 5. The first-order valence-electron chi connectivity index (χ1n) is 6.26. The molecule has 1 aromatic carbocycles. The van der Waals surface area contributed by atoms with Crippen molar-refractivity contribution in [3.63, 3.8) is 0 Å². The van der Waals surface area contributed by atoms with Crippen LogP contribution in [0.4, 0.5) is 4.39 Å². The predicted molar refractivity (Wildman–Crippen MR) is 75.1 cm³/mol. The Labute approximate surface area is 117 Å². The summed E-state index contributed by atoms with van der Waals surface area (Å²) in [5.74, 6) is 0.287. The molecule has 1 heterocycles. The van der Waals surface area contributed by atoms with Crippen molar-refractivity contribution in [1.29, 1.82) is 0 Å². The lowest BCUT2D eigenvalue weighted by Crippen LogP contribution is -2.21. The lowest BCUT2D eigenvalue weighted by Gasteiger charge is -2.12. The molecule has 0 radical (unpaired) electrons. The summed E-state index contributed by atoms with van der Waals surface area (Å²) in [6.45, 7) is 5.54. The summed E-state index contributed by atoms with van der Waals surface area (Å²) in [7, 11) is 0. The van der Waals surface area contributed by atoms with E-state index in [4.69, 9.17) is 11.6 Å². The summed E-state index contributed by atoms with van der Waals surface area (Å²) in [6.07, 6.45) is 3.21. The number of halogens is 2. The standard InChI is InChI=1S/C14H17ClFN3/c1-10(2)6-17-8-12-13(16)4-3-5-14(12)19-9-11(15)7-18-19/h3-5,7,9-10,17H,6,8H2,1-2H3. The molecule has 5 heteroatoms. The summed E-state index contributed by atoms with van der Waals surface area (Å²) in [5.41, 5.74) is 1.31. The van der Waals surface area contributed by atoms with Gasteiger partial charge < -0.3 is 5.32 Å². The Morgan fingerprint density at radius 3 is 2.84 bits per heavy atom. The molecule has 0 amide bonds. The van der Waals surface area contributed by atoms with Crippen LogP contribution in [0.25, 0.3) is 5.69 Å². The average Bonchev–Trinajstić information content (AvgIpc) is 2.77. The summed E-state index contributed by atoms with van der Waals surface area (Å²) < 4.78 is 15.5. The SMILES string of the molecule is CC(C)CNCc1c(F)cccc1-n1cc(Cl)cn1. The molecule has 0 spiro atoms. The number of aromatic nitrogens is 2. The molecule has 0 atom stereocenters. The van der Waals surface area contributed by atoms with Gasteiger partial charge >= 0.3 is 0 Å². The van der Waals surface area contributed by atoms with Gasteiger partial charge in [-0.3, -0.25) is 0 Å². The third kappa shape index (κ3) is 3.55. The van der Waals surface area contributed by atoms with Gasteiger partial charge in [-0.2, -0.15) is 5.10 Å². The van der Waals surface area contributed by atoms with Crippen molar-refractivity contribution in [2.45, 2.75) is 20.4 Å². The molecule has 0 fully saturated rings. The summed E-state index contributed by atoms with van der Waals surface area (Å²) in [4.78, 5) is 0. The van der Waals surface area contributed by atoms with E-state index < -0.39 is 0 Å². The minimum Gasteiger partial charge on any atom is -0.312 e. The van der Waals surface area contributed by atoms with Gasteiger partial charge in [-0.25, -0.2) is 9.07 Å². The van der Waals surface area contributed by atoms with Crippen molar-refractivity contribution in [3.8, 4) is 5.69 Å². The smallest absolute Gasteiger partial charge is 0.129 e. The fraction of sp³-hybridized carbons (Fsp3) is 0.357. The monoisotopic (exact) mass is 281 g/mol. The zero-order valence-electron chi connectivity index (χ0n) is 11.0. The second-order valence-corrected chi connectivity index (χ2v) is 5.30. The molecule has 0 aliphatic rings. The van der Waals surface area contributed by atoms with E-state index in [1.54, 1.807) is 16.9 Å². The van der Waals surface area contributed by atoms with Crippen LogP contribution in [-0.4, -0.2) is 16.3 Å². The van der Waals surface area contributed by atoms with Crippen LogP contribution in [0, 0.1) is 11.7 Å². The molecular formula is C14H17ClFN3. The van der Waals surface area contributed by atoms with E-state index in [9.17, 15) is 4.39 Å². The predicted octanol–water partition coefficient (Wildman–Crippen LogP) is 3.41. The maximum Gasteiger partial charge on any atom is 0.129 e. The second kappa shape index (κ2) is 6.17. The molecule has 0 saturated carbocycles. The van der Waals surface area contributed by atoms with Crippen molar-refractivity contribution in [2.24, 2.45) is 5.92 Å². The van der Waals surface area contributed by atoms with Gasteiger partial charge in [0.15, 0.2) is 0 Å². The van der Waals surface area contributed by atoms with Crippen LogP contribution >= 0.6 is 11.6 Å². The molecule has 0 saturated heterocycles. The summed E-state index contributed by atoms with van der Waals surface area (Å²) in [5, 5.41) is 7.90. The lowest BCUT2D eigenvalue weighted by atomic mass is 10.1. The van der Waals surface area contributed by atoms with Crippen molar-refractivity contribution >= 4 is 11.6 Å². The quantitative estimate of drug-likeness (QED) is 0.910. The summed E-state index contributed by atoms with van der Waals surface area (Å²) in [6, 6.07) is 4.96. The minimum atomic E-state index is -0.236. The van der Waals surface area contributed by atoms with Gasteiger partial charge in [-0.15, -0.1) is 0 Å². The Morgan fingerprint density at radius 1 is 1.42 bits per heavy atom. The average molecular weight is 282 g/mol. The van der Waals surface area contributed by atoms with E-state index in [0.29, 0.717) is 28.7 Å². The van der Waals surface area contributed by atoms with Crippen LogP contribution in [0.15, 0.2) is 30.6 Å². The second-order valence-electron chi connectivity index (χ2n) is 4.87. The van der Waals surface area contributed by atoms with Crippen LogP contribution in [0.2, 0.25) is 5.02 Å². The Kier molecular flexibility index (Phi) is 4.56. The molecule has 102 valence electrons. The van der Waals surface area contributed by atoms with E-state index in [1.165, 1.54) is 12.3 Å². The molecular weight excluding hydrogens is 265 g/mol. The van der Waals surface area contributed by atoms with Crippen LogP contribution in [0.3, 0.4) is 0 Å². The number of hydrogen-bond donors (Lipinski definition) is 1. The van der Waals surface area contributed by atoms with Crippen LogP contribution in [-0.2, 0) is 6.54 Å². The van der Waals surface area contributed by atoms with Crippen LogP contribution in [0.1, 0.15) is 19.4 Å². The Bertz CT molecular complexity index is 551. The van der Waals surface area contributed by atoms with Gasteiger partial charge in [-0.05, 0) is 24.6 Å². The number of nitrogens with one attached hydrogen (secondary N) is 1. The molecule has 0 aliphatic carbocycles. The molecule has 1 aromatic heterocycles. The summed E-state index contributed by atoms with van der Waals surface area (Å²) >= 11 is 5.86. The number of benzene rings is 1. The maximum absolute atomic E-state index is 14.0. The van der Waals surface area contributed by atoms with Crippen LogP contribution < -0.4 is 5.32 Å². The largest absolute Gasteiger partial charge is 0.312 e. The van der Waals surface area contributed by atoms with E-state index in [0.717, 1.165) is 6.54 Å². The highest BCUT2D eigenvalue weighted by atomic mass is 35.5. The molecule has 2 aromatic rings. The molecule has 2 rings (SSSR count). The zero-order valence-corrected chi connectivity index (χ0v) is 11.8. The van der Waals surface area contributed by atoms with Crippen LogP contribution in [0.5, 0.6) is 0 Å². The Hall–Kier alpha value is -1.39. The first-order valence-corrected chi connectivity index (χ1v) is 6.64. The Balaban J connectivity index is 2.26. The molecule has 1 N–H and O–H groups in total. The highest BCUT2D eigenvalue weighted by Crippen LogP contribution is 2.19. The molecule has 19 heavy (non-hydrogen) atoms. The van der Waals surface area contributed by atoms with Crippen molar-refractivity contribution in [2.75, 3.05) is 6.54 Å². The van der Waals surface area contributed by atoms with Gasteiger partial charge in [0, 0.05) is 18.3 Å². The third-order valence-corrected chi connectivity index (χ3v) is 2.94. The lowest BCUT2D eigenvalue weighted by molar-refractivity contribution is 0.533. The first-order chi connectivity index (χ1) is 9.08. The maximum atomic E-state index is 14.0. The van der Waals surface area contributed by atoms with Gasteiger partial charge in [0.1, 0.15) is 5.82 Å². The number of nitrogens with zero attached hydrogens (tertiary/aromatic N) is 2. The van der Waals surface area contributed by atoms with E-state index in [-0.39, 0.29) is 5.82 Å². The zero-order chi connectivity index (χ0) is 13.8. The molecule has 0 bridgehead atoms. The minimum absolute atomic E-state index is 0.236. The van der Waals surface area contributed by atoms with Crippen molar-refractivity contribution < 1.29 is 4.39 Å². The van der Waals surface area contributed by atoms with E-state index >= 15 is 0 Å². The van der Waals surface area contributed by atoms with Crippen molar-refractivity contribution in [3.05, 3.63) is 47.0 Å². The highest BCUT2D eigenvalue weighted by molar-refractivity contribution is 6.30. The topological polar surface area (TPSA) is 29.9 Å². The van der Waals surface area contributed by atoms with E-state index in [1.807, 2.05) is 6.07 Å². The molecule has 0 aliphatic heterocycles. The first kappa shape index (κ1) is 14.0. The van der Waals surface area contributed by atoms with Gasteiger partial charge in [-0.1, -0.05) is 31.5 Å². The van der Waals surface area contributed by atoms with Crippen molar-refractivity contribution in [1.82, 2.24) is 15.1 Å². The normalized spacial score (nSPS) is 11.2. The Morgan fingerprint density at radius 2 is 2.21 bits per heavy atom. The van der Waals surface area contributed by atoms with E-state index in [2.05, 4.69) is 24.3 Å². The third-order valence-electron chi connectivity index (χ3n) is 2.75. The van der Waals surface area contributed by atoms with Gasteiger partial charge in [0.2, 0.25) is 0 Å². The molecule has 3 nitrogen and oxygen atoms in total. The molecule has 0 unspecified atom stereocenters. The van der Waals surface area contributed by atoms with Gasteiger partial charge in [0.25, 0.3) is 0 Å². The highest BCUT2D eigenvalue weighted by Gasteiger charge is 2.11. The number of hydrogen-bond acceptors (Lipinski definition) is 2.